The summed E-state index contributed by atoms with van der Waals surface area (Å²) in [5, 5.41) is 14.8. The number of nitrogens with zero attached hydrogens (tertiary/aromatic N) is 4. The van der Waals surface area contributed by atoms with E-state index in [1.54, 1.807) is 11.3 Å². The second-order valence-electron chi connectivity index (χ2n) is 4.90. The Labute approximate surface area is 117 Å². The van der Waals surface area contributed by atoms with Crippen LogP contribution in [-0.2, 0) is 0 Å². The fraction of sp³-hybridized carbons (Fsp3) is 0.538. The minimum atomic E-state index is -0.316. The third kappa shape index (κ3) is 2.78. The molecule has 1 atom stereocenters. The molecule has 2 aromatic heterocycles. The second-order valence-corrected chi connectivity index (χ2v) is 5.73. The van der Waals surface area contributed by atoms with Crippen molar-refractivity contribution >= 4 is 16.3 Å². The molecule has 1 N–H and O–H groups in total. The largest absolute Gasteiger partial charge is 0.308 e. The van der Waals surface area contributed by atoms with Crippen LogP contribution in [0.1, 0.15) is 23.1 Å². The lowest BCUT2D eigenvalue weighted by Crippen LogP contribution is -2.30. The standard InChI is InChI=1S/C13H19N5S/c1-9-8-19-13-16-10(2)12(18(9)13)11(7-14)15-5-6-17(3)4/h8,11,15H,5-6H2,1-4H3. The summed E-state index contributed by atoms with van der Waals surface area (Å²) < 4.78 is 2.08. The van der Waals surface area contributed by atoms with Crippen molar-refractivity contribution in [1.82, 2.24) is 19.6 Å². The van der Waals surface area contributed by atoms with Crippen LogP contribution in [0.5, 0.6) is 0 Å². The maximum atomic E-state index is 9.41. The first-order chi connectivity index (χ1) is 9.04. The lowest BCUT2D eigenvalue weighted by atomic mass is 10.2. The van der Waals surface area contributed by atoms with Crippen LogP contribution in [0, 0.1) is 25.2 Å². The molecule has 1 unspecified atom stereocenters. The summed E-state index contributed by atoms with van der Waals surface area (Å²) in [6, 6.07) is 2.03. The lowest BCUT2D eigenvalue weighted by molar-refractivity contribution is 0.393. The van der Waals surface area contributed by atoms with Gasteiger partial charge in [0.1, 0.15) is 6.04 Å². The van der Waals surface area contributed by atoms with E-state index in [-0.39, 0.29) is 6.04 Å². The molecule has 0 saturated heterocycles. The Bertz CT molecular complexity index is 604. The van der Waals surface area contributed by atoms with Gasteiger partial charge in [-0.1, -0.05) is 0 Å². The van der Waals surface area contributed by atoms with Gasteiger partial charge in [0.15, 0.2) is 4.96 Å². The van der Waals surface area contributed by atoms with Crippen LogP contribution in [0.3, 0.4) is 0 Å². The number of rotatable bonds is 5. The average Bonchev–Trinajstić information content (AvgIpc) is 2.85. The van der Waals surface area contributed by atoms with E-state index in [1.807, 2.05) is 27.9 Å². The topological polar surface area (TPSA) is 56.4 Å². The molecule has 2 aromatic rings. The molecule has 0 spiro atoms. The van der Waals surface area contributed by atoms with Gasteiger partial charge in [-0.25, -0.2) is 4.98 Å². The first kappa shape index (κ1) is 14.0. The van der Waals surface area contributed by atoms with Crippen LogP contribution in [-0.4, -0.2) is 41.5 Å². The van der Waals surface area contributed by atoms with E-state index in [2.05, 4.69) is 31.1 Å². The van der Waals surface area contributed by atoms with E-state index in [0.717, 1.165) is 35.1 Å². The van der Waals surface area contributed by atoms with Gasteiger partial charge in [-0.05, 0) is 27.9 Å². The molecule has 0 aliphatic heterocycles. The fourth-order valence-electron chi connectivity index (χ4n) is 2.10. The van der Waals surface area contributed by atoms with E-state index >= 15 is 0 Å². The minimum absolute atomic E-state index is 0.316. The quantitative estimate of drug-likeness (QED) is 0.904. The number of fused-ring (bicyclic) bond motifs is 1. The smallest absolute Gasteiger partial charge is 0.194 e. The Morgan fingerprint density at radius 2 is 2.26 bits per heavy atom. The number of nitriles is 1. The molecule has 2 heterocycles. The monoisotopic (exact) mass is 277 g/mol. The van der Waals surface area contributed by atoms with Crippen LogP contribution in [0.4, 0.5) is 0 Å². The molecule has 0 amide bonds. The van der Waals surface area contributed by atoms with Crippen molar-refractivity contribution in [2.24, 2.45) is 0 Å². The Kier molecular flexibility index (Phi) is 4.20. The van der Waals surface area contributed by atoms with Gasteiger partial charge in [0.05, 0.1) is 17.5 Å². The third-order valence-corrected chi connectivity index (χ3v) is 4.01. The maximum Gasteiger partial charge on any atom is 0.194 e. The number of aromatic nitrogens is 2. The molecule has 0 bridgehead atoms. The number of hydrogen-bond donors (Lipinski definition) is 1. The van der Waals surface area contributed by atoms with Crippen molar-refractivity contribution in [2.45, 2.75) is 19.9 Å². The fourth-order valence-corrected chi connectivity index (χ4v) is 3.02. The van der Waals surface area contributed by atoms with Crippen LogP contribution in [0.25, 0.3) is 4.96 Å². The number of likely N-dealkylation sites (N-methyl/N-ethyl adjacent to an activating group) is 1. The van der Waals surface area contributed by atoms with Crippen molar-refractivity contribution in [3.05, 3.63) is 22.5 Å². The van der Waals surface area contributed by atoms with E-state index in [0.29, 0.717) is 0 Å². The van der Waals surface area contributed by atoms with E-state index in [9.17, 15) is 5.26 Å². The molecule has 19 heavy (non-hydrogen) atoms. The number of nitrogens with one attached hydrogen (secondary N) is 1. The minimum Gasteiger partial charge on any atom is -0.308 e. The van der Waals surface area contributed by atoms with Crippen molar-refractivity contribution in [1.29, 1.82) is 5.26 Å². The molecule has 0 aliphatic carbocycles. The SMILES string of the molecule is Cc1nc2scc(C)n2c1C(C#N)NCCN(C)C. The highest BCUT2D eigenvalue weighted by Crippen LogP contribution is 2.24. The molecule has 0 fully saturated rings. The average molecular weight is 277 g/mol. The molecule has 102 valence electrons. The maximum absolute atomic E-state index is 9.41. The number of imidazole rings is 1. The molecular formula is C13H19N5S. The number of hydrogen-bond acceptors (Lipinski definition) is 5. The summed E-state index contributed by atoms with van der Waals surface area (Å²) in [5.41, 5.74) is 3.03. The van der Waals surface area contributed by atoms with Gasteiger partial charge < -0.3 is 4.90 Å². The molecule has 0 aliphatic rings. The Morgan fingerprint density at radius 3 is 2.89 bits per heavy atom. The van der Waals surface area contributed by atoms with Gasteiger partial charge in [-0.3, -0.25) is 9.72 Å². The predicted molar refractivity (Wildman–Crippen MR) is 77.5 cm³/mol. The van der Waals surface area contributed by atoms with Gasteiger partial charge in [0.2, 0.25) is 0 Å². The highest BCUT2D eigenvalue weighted by molar-refractivity contribution is 7.15. The zero-order valence-electron chi connectivity index (χ0n) is 11.8. The van der Waals surface area contributed by atoms with Gasteiger partial charge in [-0.15, -0.1) is 11.3 Å². The molecular weight excluding hydrogens is 258 g/mol. The molecule has 0 radical (unpaired) electrons. The van der Waals surface area contributed by atoms with Crippen LogP contribution in [0.15, 0.2) is 5.38 Å². The normalized spacial score (nSPS) is 13.1. The molecule has 5 nitrogen and oxygen atoms in total. The van der Waals surface area contributed by atoms with Gasteiger partial charge >= 0.3 is 0 Å². The van der Waals surface area contributed by atoms with Crippen molar-refractivity contribution in [3.63, 3.8) is 0 Å². The van der Waals surface area contributed by atoms with E-state index in [4.69, 9.17) is 0 Å². The van der Waals surface area contributed by atoms with Crippen LogP contribution >= 0.6 is 11.3 Å². The zero-order chi connectivity index (χ0) is 14.0. The van der Waals surface area contributed by atoms with Crippen LogP contribution < -0.4 is 5.32 Å². The highest BCUT2D eigenvalue weighted by atomic mass is 32.1. The molecule has 0 saturated carbocycles. The Balaban J connectivity index is 2.27. The van der Waals surface area contributed by atoms with Crippen LogP contribution in [0.2, 0.25) is 0 Å². The zero-order valence-corrected chi connectivity index (χ0v) is 12.6. The number of aryl methyl sites for hydroxylation is 2. The van der Waals surface area contributed by atoms with E-state index < -0.39 is 0 Å². The summed E-state index contributed by atoms with van der Waals surface area (Å²) >= 11 is 1.61. The Morgan fingerprint density at radius 1 is 1.53 bits per heavy atom. The van der Waals surface area contributed by atoms with E-state index in [1.165, 1.54) is 0 Å². The summed E-state index contributed by atoms with van der Waals surface area (Å²) in [5.74, 6) is 0. The van der Waals surface area contributed by atoms with Gasteiger partial charge in [0, 0.05) is 24.2 Å². The third-order valence-electron chi connectivity index (χ3n) is 3.06. The van der Waals surface area contributed by atoms with Gasteiger partial charge in [-0.2, -0.15) is 5.26 Å². The summed E-state index contributed by atoms with van der Waals surface area (Å²) in [6.45, 7) is 5.69. The summed E-state index contributed by atoms with van der Waals surface area (Å²) in [6.07, 6.45) is 0. The second kappa shape index (κ2) is 5.70. The van der Waals surface area contributed by atoms with Gasteiger partial charge in [0.25, 0.3) is 0 Å². The molecule has 2 rings (SSSR count). The number of thiazole rings is 1. The van der Waals surface area contributed by atoms with Crippen molar-refractivity contribution in [3.8, 4) is 6.07 Å². The first-order valence-corrected chi connectivity index (χ1v) is 7.13. The van der Waals surface area contributed by atoms with Crippen molar-refractivity contribution in [2.75, 3.05) is 27.2 Å². The summed E-state index contributed by atoms with van der Waals surface area (Å²) in [4.78, 5) is 7.58. The predicted octanol–water partition coefficient (Wildman–Crippen LogP) is 1.73. The highest BCUT2D eigenvalue weighted by Gasteiger charge is 2.20. The lowest BCUT2D eigenvalue weighted by Gasteiger charge is -2.15. The summed E-state index contributed by atoms with van der Waals surface area (Å²) in [7, 11) is 4.04. The molecule has 0 aromatic carbocycles. The molecule has 6 heteroatoms. The Hall–Kier alpha value is -1.42. The first-order valence-electron chi connectivity index (χ1n) is 6.25. The van der Waals surface area contributed by atoms with Crippen molar-refractivity contribution < 1.29 is 0 Å².